The third kappa shape index (κ3) is 2.77. The number of amides is 1. The molecule has 3 nitrogen and oxygen atoms in total. The third-order valence-corrected chi connectivity index (χ3v) is 5.46. The quantitative estimate of drug-likeness (QED) is 0.855. The first kappa shape index (κ1) is 14.1. The van der Waals surface area contributed by atoms with E-state index in [4.69, 9.17) is 0 Å². The Balaban J connectivity index is 1.66. The topological polar surface area (TPSA) is 23.6 Å². The van der Waals surface area contributed by atoms with Crippen LogP contribution < -0.4 is 0 Å². The monoisotopic (exact) mass is 292 g/mol. The van der Waals surface area contributed by atoms with Gasteiger partial charge in [0.1, 0.15) is 0 Å². The molecule has 2 aliphatic rings. The van der Waals surface area contributed by atoms with Crippen LogP contribution in [-0.2, 0) is 11.2 Å². The molecule has 20 heavy (non-hydrogen) atoms. The van der Waals surface area contributed by atoms with Crippen molar-refractivity contribution in [1.82, 2.24) is 9.80 Å². The van der Waals surface area contributed by atoms with Crippen LogP contribution >= 0.6 is 11.3 Å². The molecule has 3 heterocycles. The lowest BCUT2D eigenvalue weighted by Gasteiger charge is -2.32. The molecule has 1 amide bonds. The van der Waals surface area contributed by atoms with Crippen LogP contribution in [0.15, 0.2) is 16.8 Å². The number of nitrogens with zero attached hydrogens (tertiary/aromatic N) is 2. The lowest BCUT2D eigenvalue weighted by molar-refractivity contribution is -0.130. The van der Waals surface area contributed by atoms with Gasteiger partial charge >= 0.3 is 0 Å². The van der Waals surface area contributed by atoms with Crippen molar-refractivity contribution in [1.29, 1.82) is 0 Å². The standard InChI is InChI=1S/C16H24N2OS/c1-12(2)18-14-3-4-15(18)10-17(7-5-14)16(19)9-13-6-8-20-11-13/h6,8,11-12,14-15H,3-5,7,9-10H2,1-2H3. The van der Waals surface area contributed by atoms with Crippen molar-refractivity contribution in [2.24, 2.45) is 0 Å². The molecule has 0 spiro atoms. The highest BCUT2D eigenvalue weighted by molar-refractivity contribution is 7.07. The molecule has 1 aromatic rings. The van der Waals surface area contributed by atoms with Gasteiger partial charge in [0.05, 0.1) is 6.42 Å². The molecule has 0 aliphatic carbocycles. The molecule has 0 saturated carbocycles. The largest absolute Gasteiger partial charge is 0.341 e. The lowest BCUT2D eigenvalue weighted by atomic mass is 10.1. The minimum Gasteiger partial charge on any atom is -0.341 e. The third-order valence-electron chi connectivity index (χ3n) is 4.72. The summed E-state index contributed by atoms with van der Waals surface area (Å²) in [6.07, 6.45) is 4.28. The Kier molecular flexibility index (Phi) is 4.13. The van der Waals surface area contributed by atoms with Crippen LogP contribution in [0.2, 0.25) is 0 Å². The summed E-state index contributed by atoms with van der Waals surface area (Å²) in [6.45, 7) is 6.44. The second-order valence-electron chi connectivity index (χ2n) is 6.36. The fraction of sp³-hybridized carbons (Fsp3) is 0.688. The molecule has 0 aromatic carbocycles. The highest BCUT2D eigenvalue weighted by Gasteiger charge is 2.39. The van der Waals surface area contributed by atoms with E-state index in [0.29, 0.717) is 30.5 Å². The van der Waals surface area contributed by atoms with E-state index in [2.05, 4.69) is 35.1 Å². The van der Waals surface area contributed by atoms with Gasteiger partial charge in [0.25, 0.3) is 0 Å². The summed E-state index contributed by atoms with van der Waals surface area (Å²) in [4.78, 5) is 17.2. The molecule has 3 rings (SSSR count). The Hall–Kier alpha value is -0.870. The lowest BCUT2D eigenvalue weighted by Crippen LogP contribution is -2.44. The van der Waals surface area contributed by atoms with E-state index in [1.54, 1.807) is 11.3 Å². The Bertz CT molecular complexity index is 457. The fourth-order valence-corrected chi connectivity index (χ4v) is 4.53. The van der Waals surface area contributed by atoms with Crippen molar-refractivity contribution in [3.63, 3.8) is 0 Å². The fourth-order valence-electron chi connectivity index (χ4n) is 3.86. The molecular weight excluding hydrogens is 268 g/mol. The van der Waals surface area contributed by atoms with Crippen LogP contribution in [0.4, 0.5) is 0 Å². The van der Waals surface area contributed by atoms with Gasteiger partial charge in [-0.1, -0.05) is 0 Å². The molecular formula is C16H24N2OS. The molecule has 2 unspecified atom stereocenters. The van der Waals surface area contributed by atoms with Crippen molar-refractivity contribution in [3.8, 4) is 0 Å². The Morgan fingerprint density at radius 2 is 2.15 bits per heavy atom. The zero-order valence-electron chi connectivity index (χ0n) is 12.4. The van der Waals surface area contributed by atoms with Crippen molar-refractivity contribution < 1.29 is 4.79 Å². The second kappa shape index (κ2) is 5.86. The van der Waals surface area contributed by atoms with Crippen LogP contribution in [0.1, 0.15) is 38.7 Å². The van der Waals surface area contributed by atoms with Gasteiger partial charge in [-0.2, -0.15) is 11.3 Å². The number of hydrogen-bond acceptors (Lipinski definition) is 3. The highest BCUT2D eigenvalue weighted by Crippen LogP contribution is 2.32. The smallest absolute Gasteiger partial charge is 0.227 e. The number of hydrogen-bond donors (Lipinski definition) is 0. The van der Waals surface area contributed by atoms with E-state index in [9.17, 15) is 4.79 Å². The number of rotatable bonds is 3. The first-order chi connectivity index (χ1) is 9.65. The summed E-state index contributed by atoms with van der Waals surface area (Å²) in [5.74, 6) is 0.305. The minimum atomic E-state index is 0.305. The van der Waals surface area contributed by atoms with E-state index in [0.717, 1.165) is 25.1 Å². The SMILES string of the molecule is CC(C)N1C2CCC1CN(C(=O)Cc1ccsc1)CC2. The summed E-state index contributed by atoms with van der Waals surface area (Å²) in [5, 5.41) is 4.13. The first-order valence-electron chi connectivity index (χ1n) is 7.71. The van der Waals surface area contributed by atoms with Gasteiger partial charge in [-0.3, -0.25) is 9.69 Å². The van der Waals surface area contributed by atoms with Crippen LogP contribution in [0, 0.1) is 0 Å². The first-order valence-corrected chi connectivity index (χ1v) is 8.65. The van der Waals surface area contributed by atoms with Crippen LogP contribution in [-0.4, -0.2) is 46.9 Å². The number of fused-ring (bicyclic) bond motifs is 2. The summed E-state index contributed by atoms with van der Waals surface area (Å²) in [5.41, 5.74) is 1.16. The van der Waals surface area contributed by atoms with Gasteiger partial charge in [0.2, 0.25) is 5.91 Å². The molecule has 2 atom stereocenters. The Morgan fingerprint density at radius 3 is 2.85 bits per heavy atom. The second-order valence-corrected chi connectivity index (χ2v) is 7.14. The predicted octanol–water partition coefficient (Wildman–Crippen LogP) is 2.76. The van der Waals surface area contributed by atoms with E-state index in [1.807, 2.05) is 5.38 Å². The summed E-state index contributed by atoms with van der Waals surface area (Å²) >= 11 is 1.67. The van der Waals surface area contributed by atoms with Gasteiger partial charge < -0.3 is 4.90 Å². The number of carbonyl (C=O) groups excluding carboxylic acids is 1. The molecule has 0 N–H and O–H groups in total. The van der Waals surface area contributed by atoms with Gasteiger partial charge in [-0.05, 0) is 55.5 Å². The maximum Gasteiger partial charge on any atom is 0.227 e. The highest BCUT2D eigenvalue weighted by atomic mass is 32.1. The molecule has 2 bridgehead atoms. The molecule has 1 aromatic heterocycles. The Morgan fingerprint density at radius 1 is 1.35 bits per heavy atom. The van der Waals surface area contributed by atoms with E-state index >= 15 is 0 Å². The van der Waals surface area contributed by atoms with Crippen LogP contribution in [0.5, 0.6) is 0 Å². The van der Waals surface area contributed by atoms with Crippen molar-refractivity contribution >= 4 is 17.2 Å². The average molecular weight is 292 g/mol. The van der Waals surface area contributed by atoms with E-state index in [1.165, 1.54) is 12.8 Å². The molecule has 2 aliphatic heterocycles. The zero-order chi connectivity index (χ0) is 14.1. The summed E-state index contributed by atoms with van der Waals surface area (Å²) in [6, 6.07) is 3.93. The van der Waals surface area contributed by atoms with Gasteiger partial charge in [-0.15, -0.1) is 0 Å². The average Bonchev–Trinajstić information content (AvgIpc) is 2.96. The Labute approximate surface area is 125 Å². The zero-order valence-corrected chi connectivity index (χ0v) is 13.2. The molecule has 2 saturated heterocycles. The maximum absolute atomic E-state index is 12.5. The van der Waals surface area contributed by atoms with Gasteiger partial charge in [-0.25, -0.2) is 0 Å². The van der Waals surface area contributed by atoms with Crippen LogP contribution in [0.25, 0.3) is 0 Å². The molecule has 2 fully saturated rings. The van der Waals surface area contributed by atoms with E-state index < -0.39 is 0 Å². The van der Waals surface area contributed by atoms with Crippen molar-refractivity contribution in [3.05, 3.63) is 22.4 Å². The summed E-state index contributed by atoms with van der Waals surface area (Å²) < 4.78 is 0. The van der Waals surface area contributed by atoms with Gasteiger partial charge in [0.15, 0.2) is 0 Å². The molecule has 110 valence electrons. The predicted molar refractivity (Wildman–Crippen MR) is 83.0 cm³/mol. The van der Waals surface area contributed by atoms with E-state index in [-0.39, 0.29) is 0 Å². The van der Waals surface area contributed by atoms with Crippen LogP contribution in [0.3, 0.4) is 0 Å². The minimum absolute atomic E-state index is 0.305. The number of thiophene rings is 1. The molecule has 0 radical (unpaired) electrons. The van der Waals surface area contributed by atoms with Gasteiger partial charge in [0, 0.05) is 31.2 Å². The van der Waals surface area contributed by atoms with Crippen molar-refractivity contribution in [2.75, 3.05) is 13.1 Å². The maximum atomic E-state index is 12.5. The number of likely N-dealkylation sites (tertiary alicyclic amines) is 1. The normalized spacial score (nSPS) is 27.1. The molecule has 4 heteroatoms. The number of carbonyl (C=O) groups is 1. The van der Waals surface area contributed by atoms with Crippen molar-refractivity contribution in [2.45, 2.75) is 57.7 Å². The summed E-state index contributed by atoms with van der Waals surface area (Å²) in [7, 11) is 0.